The van der Waals surface area contributed by atoms with Crippen molar-refractivity contribution in [1.29, 1.82) is 5.26 Å². The third-order valence-electron chi connectivity index (χ3n) is 5.03. The number of nitrogens with zero attached hydrogens (tertiary/aromatic N) is 3. The van der Waals surface area contributed by atoms with E-state index in [9.17, 15) is 4.79 Å². The van der Waals surface area contributed by atoms with Gasteiger partial charge < -0.3 is 15.5 Å². The van der Waals surface area contributed by atoms with Crippen LogP contribution in [0.2, 0.25) is 5.02 Å². The van der Waals surface area contributed by atoms with Crippen LogP contribution in [0.3, 0.4) is 0 Å². The van der Waals surface area contributed by atoms with E-state index >= 15 is 0 Å². The van der Waals surface area contributed by atoms with Crippen molar-refractivity contribution in [3.05, 3.63) is 22.3 Å². The predicted molar refractivity (Wildman–Crippen MR) is 97.7 cm³/mol. The van der Waals surface area contributed by atoms with Gasteiger partial charge in [0.25, 0.3) is 0 Å². The molecule has 134 valence electrons. The number of aromatic nitrogens is 1. The Balaban J connectivity index is 1.60. The number of anilines is 1. The van der Waals surface area contributed by atoms with Crippen molar-refractivity contribution >= 4 is 23.3 Å². The Kier molecular flexibility index (Phi) is 5.77. The monoisotopic (exact) mass is 361 g/mol. The zero-order valence-electron chi connectivity index (χ0n) is 14.5. The summed E-state index contributed by atoms with van der Waals surface area (Å²) in [5.74, 6) is 1.24. The summed E-state index contributed by atoms with van der Waals surface area (Å²) in [6.07, 6.45) is 4.12. The first kappa shape index (κ1) is 18.0. The first-order valence-corrected chi connectivity index (χ1v) is 9.29. The lowest BCUT2D eigenvalue weighted by molar-refractivity contribution is -0.122. The Morgan fingerprint density at radius 3 is 3.08 bits per heavy atom. The SMILES string of the molecule is Cc1nc(N2CCCC(CNC(=O)C3CCCN3)C2)c(Cl)cc1C#N. The minimum Gasteiger partial charge on any atom is -0.355 e. The molecule has 7 heteroatoms. The molecule has 0 radical (unpaired) electrons. The molecule has 2 saturated heterocycles. The summed E-state index contributed by atoms with van der Waals surface area (Å²) < 4.78 is 0. The molecule has 0 saturated carbocycles. The van der Waals surface area contributed by atoms with E-state index in [1.54, 1.807) is 6.07 Å². The summed E-state index contributed by atoms with van der Waals surface area (Å²) >= 11 is 6.34. The van der Waals surface area contributed by atoms with Gasteiger partial charge in [0, 0.05) is 19.6 Å². The van der Waals surface area contributed by atoms with Gasteiger partial charge in [0.05, 0.1) is 22.3 Å². The van der Waals surface area contributed by atoms with Crippen molar-refractivity contribution < 1.29 is 4.79 Å². The maximum atomic E-state index is 12.2. The number of hydrogen-bond acceptors (Lipinski definition) is 5. The average Bonchev–Trinajstić information content (AvgIpc) is 3.16. The zero-order valence-corrected chi connectivity index (χ0v) is 15.3. The van der Waals surface area contributed by atoms with Crippen LogP contribution in [-0.4, -0.2) is 43.1 Å². The van der Waals surface area contributed by atoms with Crippen molar-refractivity contribution in [3.8, 4) is 6.07 Å². The first-order valence-electron chi connectivity index (χ1n) is 8.91. The highest BCUT2D eigenvalue weighted by molar-refractivity contribution is 6.33. The topological polar surface area (TPSA) is 81.1 Å². The third-order valence-corrected chi connectivity index (χ3v) is 5.31. The Morgan fingerprint density at radius 1 is 1.52 bits per heavy atom. The molecule has 2 aliphatic heterocycles. The molecule has 2 N–H and O–H groups in total. The largest absolute Gasteiger partial charge is 0.355 e. The van der Waals surface area contributed by atoms with E-state index in [1.165, 1.54) is 0 Å². The molecule has 6 nitrogen and oxygen atoms in total. The number of halogens is 1. The predicted octanol–water partition coefficient (Wildman–Crippen LogP) is 2.00. The van der Waals surface area contributed by atoms with Gasteiger partial charge in [-0.2, -0.15) is 5.26 Å². The molecule has 0 aromatic carbocycles. The third kappa shape index (κ3) is 4.23. The number of amides is 1. The standard InChI is InChI=1S/C18H24ClN5O/c1-12-14(9-20)8-15(19)17(23-12)24-7-3-4-13(11-24)10-22-18(25)16-5-2-6-21-16/h8,13,16,21H,2-7,10-11H2,1H3,(H,22,25). The van der Waals surface area contributed by atoms with Gasteiger partial charge in [0.2, 0.25) is 5.91 Å². The minimum absolute atomic E-state index is 0.0306. The second kappa shape index (κ2) is 8.03. The number of carbonyl (C=O) groups excluding carboxylic acids is 1. The molecule has 3 rings (SSSR count). The van der Waals surface area contributed by atoms with Crippen molar-refractivity contribution in [3.63, 3.8) is 0 Å². The van der Waals surface area contributed by atoms with Crippen LogP contribution in [0.4, 0.5) is 5.82 Å². The van der Waals surface area contributed by atoms with Crippen LogP contribution in [0, 0.1) is 24.2 Å². The highest BCUT2D eigenvalue weighted by Crippen LogP contribution is 2.29. The van der Waals surface area contributed by atoms with Crippen LogP contribution in [0.5, 0.6) is 0 Å². The van der Waals surface area contributed by atoms with Crippen LogP contribution in [0.25, 0.3) is 0 Å². The van der Waals surface area contributed by atoms with Crippen LogP contribution >= 0.6 is 11.6 Å². The molecule has 0 spiro atoms. The van der Waals surface area contributed by atoms with Gasteiger partial charge in [-0.3, -0.25) is 4.79 Å². The number of nitrogens with one attached hydrogen (secondary N) is 2. The van der Waals surface area contributed by atoms with Gasteiger partial charge in [-0.05, 0) is 51.1 Å². The van der Waals surface area contributed by atoms with Gasteiger partial charge in [-0.25, -0.2) is 4.98 Å². The van der Waals surface area contributed by atoms with Gasteiger partial charge >= 0.3 is 0 Å². The summed E-state index contributed by atoms with van der Waals surface area (Å²) in [4.78, 5) is 18.9. The van der Waals surface area contributed by atoms with E-state index in [1.807, 2.05) is 6.92 Å². The van der Waals surface area contributed by atoms with E-state index < -0.39 is 0 Å². The van der Waals surface area contributed by atoms with E-state index in [0.717, 1.165) is 51.1 Å². The Labute approximate surface area is 153 Å². The smallest absolute Gasteiger partial charge is 0.237 e. The normalized spacial score (nSPS) is 23.3. The van der Waals surface area contributed by atoms with Gasteiger partial charge in [-0.1, -0.05) is 11.6 Å². The quantitative estimate of drug-likeness (QED) is 0.857. The molecular formula is C18H24ClN5O. The number of aryl methyl sites for hydroxylation is 1. The number of carbonyl (C=O) groups is 1. The molecule has 2 unspecified atom stereocenters. The number of nitriles is 1. The van der Waals surface area contributed by atoms with Crippen LogP contribution < -0.4 is 15.5 Å². The van der Waals surface area contributed by atoms with Gasteiger partial charge in [-0.15, -0.1) is 0 Å². The molecule has 2 aliphatic rings. The number of piperidine rings is 1. The molecule has 3 heterocycles. The highest BCUT2D eigenvalue weighted by Gasteiger charge is 2.26. The summed E-state index contributed by atoms with van der Waals surface area (Å²) in [6, 6.07) is 3.78. The van der Waals surface area contributed by atoms with Crippen molar-refractivity contribution in [2.45, 2.75) is 38.6 Å². The van der Waals surface area contributed by atoms with Crippen molar-refractivity contribution in [2.75, 3.05) is 31.1 Å². The minimum atomic E-state index is -0.0306. The maximum absolute atomic E-state index is 12.2. The Hall–Kier alpha value is -1.84. The molecule has 0 bridgehead atoms. The van der Waals surface area contributed by atoms with Crippen LogP contribution in [0.1, 0.15) is 36.9 Å². The fourth-order valence-electron chi connectivity index (χ4n) is 3.60. The first-order chi connectivity index (χ1) is 12.1. The van der Waals surface area contributed by atoms with Crippen LogP contribution in [-0.2, 0) is 4.79 Å². The highest BCUT2D eigenvalue weighted by atomic mass is 35.5. The molecule has 2 atom stereocenters. The van der Waals surface area contributed by atoms with Gasteiger partial charge in [0.1, 0.15) is 11.9 Å². The van der Waals surface area contributed by atoms with E-state index in [4.69, 9.17) is 16.9 Å². The molecule has 2 fully saturated rings. The van der Waals surface area contributed by atoms with E-state index in [-0.39, 0.29) is 11.9 Å². The number of rotatable bonds is 4. The van der Waals surface area contributed by atoms with Crippen molar-refractivity contribution in [2.24, 2.45) is 5.92 Å². The molecule has 1 aromatic rings. The molecule has 0 aliphatic carbocycles. The summed E-state index contributed by atoms with van der Waals surface area (Å²) in [5.41, 5.74) is 1.21. The fraction of sp³-hybridized carbons (Fsp3) is 0.611. The molecule has 25 heavy (non-hydrogen) atoms. The van der Waals surface area contributed by atoms with E-state index in [2.05, 4.69) is 26.6 Å². The molecule has 1 aromatic heterocycles. The molecular weight excluding hydrogens is 338 g/mol. The Morgan fingerprint density at radius 2 is 2.36 bits per heavy atom. The van der Waals surface area contributed by atoms with Crippen LogP contribution in [0.15, 0.2) is 6.07 Å². The number of hydrogen-bond donors (Lipinski definition) is 2. The lowest BCUT2D eigenvalue weighted by Gasteiger charge is -2.34. The summed E-state index contributed by atoms with van der Waals surface area (Å²) in [6.45, 7) is 5.15. The Bertz CT molecular complexity index is 681. The fourth-order valence-corrected chi connectivity index (χ4v) is 3.87. The second-order valence-electron chi connectivity index (χ2n) is 6.89. The average molecular weight is 362 g/mol. The lowest BCUT2D eigenvalue weighted by Crippen LogP contribution is -2.45. The summed E-state index contributed by atoms with van der Waals surface area (Å²) in [7, 11) is 0. The number of pyridine rings is 1. The zero-order chi connectivity index (χ0) is 17.8. The van der Waals surface area contributed by atoms with Gasteiger partial charge in [0.15, 0.2) is 0 Å². The second-order valence-corrected chi connectivity index (χ2v) is 7.29. The van der Waals surface area contributed by atoms with Crippen molar-refractivity contribution in [1.82, 2.24) is 15.6 Å². The summed E-state index contributed by atoms with van der Waals surface area (Å²) in [5, 5.41) is 15.9. The van der Waals surface area contributed by atoms with E-state index in [0.29, 0.717) is 28.7 Å². The maximum Gasteiger partial charge on any atom is 0.237 e. The lowest BCUT2D eigenvalue weighted by atomic mass is 9.97. The molecule has 1 amide bonds.